The smallest absolute Gasteiger partial charge is 0.224 e. The normalized spacial score (nSPS) is 15.2. The molecule has 5 nitrogen and oxygen atoms in total. The number of thioether (sulfide) groups is 1. The van der Waals surface area contributed by atoms with E-state index >= 15 is 0 Å². The van der Waals surface area contributed by atoms with Gasteiger partial charge in [0.15, 0.2) is 5.17 Å². The van der Waals surface area contributed by atoms with E-state index in [0.29, 0.717) is 6.42 Å². The molecular formula is C21H24N4OS. The Bertz CT molecular complexity index is 867. The van der Waals surface area contributed by atoms with Gasteiger partial charge in [-0.15, -0.1) is 0 Å². The highest BCUT2D eigenvalue weighted by atomic mass is 32.2. The van der Waals surface area contributed by atoms with Crippen LogP contribution in [0.4, 0.5) is 11.4 Å². The first kappa shape index (κ1) is 19.2. The van der Waals surface area contributed by atoms with Gasteiger partial charge in [-0.05, 0) is 49.1 Å². The van der Waals surface area contributed by atoms with Crippen LogP contribution in [0, 0.1) is 13.8 Å². The number of hydrogen-bond donors (Lipinski definition) is 2. The Hall–Kier alpha value is -2.60. The van der Waals surface area contributed by atoms with E-state index in [1.54, 1.807) is 11.8 Å². The van der Waals surface area contributed by atoms with Crippen molar-refractivity contribution in [2.24, 2.45) is 10.1 Å². The summed E-state index contributed by atoms with van der Waals surface area (Å²) in [6.07, 6.45) is 1.38. The number of rotatable bonds is 5. The first-order chi connectivity index (χ1) is 13.1. The molecule has 0 bridgehead atoms. The summed E-state index contributed by atoms with van der Waals surface area (Å²) in [5, 5.41) is 8.19. The lowest BCUT2D eigenvalue weighted by molar-refractivity contribution is -0.116. The van der Waals surface area contributed by atoms with Crippen molar-refractivity contribution in [1.29, 1.82) is 0 Å². The highest BCUT2D eigenvalue weighted by molar-refractivity contribution is 8.14. The fourth-order valence-corrected chi connectivity index (χ4v) is 3.57. The van der Waals surface area contributed by atoms with Crippen molar-refractivity contribution in [2.45, 2.75) is 33.6 Å². The Morgan fingerprint density at radius 3 is 2.48 bits per heavy atom. The molecule has 0 fully saturated rings. The van der Waals surface area contributed by atoms with Crippen molar-refractivity contribution < 1.29 is 4.79 Å². The summed E-state index contributed by atoms with van der Waals surface area (Å²) in [7, 11) is 0. The maximum atomic E-state index is 11.7. The van der Waals surface area contributed by atoms with Crippen molar-refractivity contribution in [2.75, 3.05) is 11.1 Å². The van der Waals surface area contributed by atoms with Gasteiger partial charge in [0.1, 0.15) is 0 Å². The lowest BCUT2D eigenvalue weighted by Crippen LogP contribution is -2.25. The van der Waals surface area contributed by atoms with Crippen molar-refractivity contribution in [3.8, 4) is 0 Å². The third kappa shape index (κ3) is 4.98. The topological polar surface area (TPSA) is 65.8 Å². The Labute approximate surface area is 164 Å². The van der Waals surface area contributed by atoms with Gasteiger partial charge < -0.3 is 5.32 Å². The van der Waals surface area contributed by atoms with Crippen LogP contribution in [0.1, 0.15) is 36.5 Å². The molecule has 0 saturated carbocycles. The van der Waals surface area contributed by atoms with Crippen LogP contribution in [0.5, 0.6) is 0 Å². The third-order valence-corrected chi connectivity index (χ3v) is 5.14. The van der Waals surface area contributed by atoms with Crippen molar-refractivity contribution >= 4 is 39.9 Å². The average Bonchev–Trinajstić information content (AvgIpc) is 2.66. The van der Waals surface area contributed by atoms with Crippen LogP contribution in [0.3, 0.4) is 0 Å². The summed E-state index contributed by atoms with van der Waals surface area (Å²) in [6.45, 7) is 6.12. The van der Waals surface area contributed by atoms with Crippen LogP contribution < -0.4 is 10.7 Å². The van der Waals surface area contributed by atoms with E-state index in [1.165, 1.54) is 0 Å². The number of anilines is 1. The zero-order valence-corrected chi connectivity index (χ0v) is 16.7. The number of nitrogens with zero attached hydrogens (tertiary/aromatic N) is 2. The summed E-state index contributed by atoms with van der Waals surface area (Å²) in [5.41, 5.74) is 9.18. The number of hydrazone groups is 1. The van der Waals surface area contributed by atoms with Crippen LogP contribution in [0.2, 0.25) is 0 Å². The number of benzene rings is 2. The maximum Gasteiger partial charge on any atom is 0.224 e. The predicted octanol–water partition coefficient (Wildman–Crippen LogP) is 4.77. The molecule has 27 heavy (non-hydrogen) atoms. The number of carbonyl (C=O) groups is 1. The van der Waals surface area contributed by atoms with Crippen molar-refractivity contribution in [1.82, 2.24) is 5.43 Å². The van der Waals surface area contributed by atoms with E-state index in [4.69, 9.17) is 4.99 Å². The second kappa shape index (κ2) is 8.86. The molecule has 1 aliphatic rings. The van der Waals surface area contributed by atoms with E-state index < -0.39 is 0 Å². The van der Waals surface area contributed by atoms with Gasteiger partial charge in [-0.1, -0.05) is 49.0 Å². The van der Waals surface area contributed by atoms with Gasteiger partial charge in [-0.3, -0.25) is 10.2 Å². The molecule has 0 atom stereocenters. The van der Waals surface area contributed by atoms with Crippen LogP contribution in [-0.4, -0.2) is 22.5 Å². The summed E-state index contributed by atoms with van der Waals surface area (Å²) < 4.78 is 0. The standard InChI is InChI=1S/C21H24N4OS/c1-4-6-19(26)22-17-11-9-16(10-12-17)18-13-27-21(25-24-18)23-20-14(2)7-5-8-15(20)3/h5,7-12H,4,6,13H2,1-3H3,(H,22,26)(H,23,25). The van der Waals surface area contributed by atoms with Crippen LogP contribution >= 0.6 is 11.8 Å². The fourth-order valence-electron chi connectivity index (χ4n) is 2.80. The SMILES string of the molecule is CCCC(=O)Nc1ccc(C2=NNC(=Nc3c(C)cccc3C)SC2)cc1. The second-order valence-electron chi connectivity index (χ2n) is 6.49. The number of amides is 1. The number of hydrogen-bond acceptors (Lipinski definition) is 4. The molecule has 2 aromatic rings. The first-order valence-electron chi connectivity index (χ1n) is 9.07. The minimum atomic E-state index is 0.0461. The van der Waals surface area contributed by atoms with Gasteiger partial charge in [-0.2, -0.15) is 5.10 Å². The molecule has 0 spiro atoms. The summed E-state index contributed by atoms with van der Waals surface area (Å²) >= 11 is 1.64. The van der Waals surface area contributed by atoms with Gasteiger partial charge in [0, 0.05) is 17.9 Å². The van der Waals surface area contributed by atoms with Crippen molar-refractivity contribution in [3.05, 3.63) is 59.2 Å². The van der Waals surface area contributed by atoms with Gasteiger partial charge >= 0.3 is 0 Å². The monoisotopic (exact) mass is 380 g/mol. The average molecular weight is 381 g/mol. The number of aliphatic imine (C=N–C) groups is 1. The molecule has 1 heterocycles. The van der Waals surface area contributed by atoms with Crippen LogP contribution in [-0.2, 0) is 4.79 Å². The lowest BCUT2D eigenvalue weighted by Gasteiger charge is -2.16. The Morgan fingerprint density at radius 2 is 1.89 bits per heavy atom. The highest BCUT2D eigenvalue weighted by Gasteiger charge is 2.14. The van der Waals surface area contributed by atoms with E-state index in [-0.39, 0.29) is 5.91 Å². The fraction of sp³-hybridized carbons (Fsp3) is 0.286. The minimum Gasteiger partial charge on any atom is -0.326 e. The first-order valence-corrected chi connectivity index (χ1v) is 10.1. The molecule has 0 unspecified atom stereocenters. The van der Waals surface area contributed by atoms with Gasteiger partial charge in [0.05, 0.1) is 11.4 Å². The molecule has 2 aromatic carbocycles. The van der Waals surface area contributed by atoms with Crippen molar-refractivity contribution in [3.63, 3.8) is 0 Å². The highest BCUT2D eigenvalue weighted by Crippen LogP contribution is 2.25. The Morgan fingerprint density at radius 1 is 1.19 bits per heavy atom. The molecule has 2 N–H and O–H groups in total. The Balaban J connectivity index is 1.68. The number of amidine groups is 1. The molecule has 0 aliphatic carbocycles. The molecule has 0 aromatic heterocycles. The largest absolute Gasteiger partial charge is 0.326 e. The summed E-state index contributed by atoms with van der Waals surface area (Å²) in [5.74, 6) is 0.794. The number of aryl methyl sites for hydroxylation is 2. The zero-order valence-electron chi connectivity index (χ0n) is 15.9. The third-order valence-electron chi connectivity index (χ3n) is 4.26. The molecule has 3 rings (SSSR count). The second-order valence-corrected chi connectivity index (χ2v) is 7.46. The minimum absolute atomic E-state index is 0.0461. The molecule has 6 heteroatoms. The zero-order chi connectivity index (χ0) is 19.2. The number of nitrogens with one attached hydrogen (secondary N) is 2. The Kier molecular flexibility index (Phi) is 6.29. The maximum absolute atomic E-state index is 11.7. The van der Waals surface area contributed by atoms with Gasteiger partial charge in [0.25, 0.3) is 0 Å². The number of para-hydroxylation sites is 1. The van der Waals surface area contributed by atoms with Gasteiger partial charge in [-0.25, -0.2) is 4.99 Å². The summed E-state index contributed by atoms with van der Waals surface area (Å²) in [6, 6.07) is 14.0. The molecule has 1 aliphatic heterocycles. The summed E-state index contributed by atoms with van der Waals surface area (Å²) in [4.78, 5) is 16.4. The van der Waals surface area contributed by atoms with E-state index in [0.717, 1.165) is 51.1 Å². The molecule has 1 amide bonds. The van der Waals surface area contributed by atoms with E-state index in [1.807, 2.05) is 37.3 Å². The molecule has 140 valence electrons. The van der Waals surface area contributed by atoms with Crippen LogP contribution in [0.15, 0.2) is 52.6 Å². The quantitative estimate of drug-likeness (QED) is 0.785. The van der Waals surface area contributed by atoms with E-state index in [9.17, 15) is 4.79 Å². The van der Waals surface area contributed by atoms with Gasteiger partial charge in [0.2, 0.25) is 5.91 Å². The van der Waals surface area contributed by atoms with E-state index in [2.05, 4.69) is 41.8 Å². The predicted molar refractivity (Wildman–Crippen MR) is 115 cm³/mol. The lowest BCUT2D eigenvalue weighted by atomic mass is 10.1. The molecule has 0 saturated heterocycles. The number of carbonyl (C=O) groups excluding carboxylic acids is 1. The molecule has 0 radical (unpaired) electrons. The molecular weight excluding hydrogens is 356 g/mol. The van der Waals surface area contributed by atoms with Crippen LogP contribution in [0.25, 0.3) is 0 Å².